The van der Waals surface area contributed by atoms with Crippen LogP contribution in [-0.4, -0.2) is 19.2 Å². The molecule has 2 rings (SSSR count). The van der Waals surface area contributed by atoms with Gasteiger partial charge in [-0.05, 0) is 36.8 Å². The third-order valence-corrected chi connectivity index (χ3v) is 5.12. The van der Waals surface area contributed by atoms with Gasteiger partial charge in [0, 0.05) is 31.8 Å². The highest BCUT2D eigenvalue weighted by atomic mass is 31.2. The first kappa shape index (κ1) is 14.9. The first-order valence-corrected chi connectivity index (χ1v) is 7.88. The lowest BCUT2D eigenvalue weighted by Gasteiger charge is -2.25. The van der Waals surface area contributed by atoms with E-state index >= 15 is 0 Å². The number of nitrogens with one attached hydrogen (secondary N) is 2. The van der Waals surface area contributed by atoms with Gasteiger partial charge in [0.25, 0.3) is 0 Å². The van der Waals surface area contributed by atoms with E-state index in [1.807, 2.05) is 43.3 Å². The second-order valence-corrected chi connectivity index (χ2v) is 6.77. The van der Waals surface area contributed by atoms with Crippen LogP contribution in [0.4, 0.5) is 5.69 Å². The Morgan fingerprint density at radius 1 is 1.20 bits per heavy atom. The zero-order chi connectivity index (χ0) is 14.6. The molecule has 0 bridgehead atoms. The highest BCUT2D eigenvalue weighted by molar-refractivity contribution is 7.54. The quantitative estimate of drug-likeness (QED) is 0.793. The molecule has 1 unspecified atom stereocenters. The maximum atomic E-state index is 12.7. The SMILES string of the molecule is COP(=O)(OC)C(Nc1cccc(C)c1)c1ccc[nH]1. The third-order valence-electron chi connectivity index (χ3n) is 3.06. The van der Waals surface area contributed by atoms with Crippen molar-refractivity contribution >= 4 is 13.3 Å². The van der Waals surface area contributed by atoms with Crippen molar-refractivity contribution in [1.82, 2.24) is 4.98 Å². The molecule has 2 N–H and O–H groups in total. The molecule has 1 aromatic carbocycles. The van der Waals surface area contributed by atoms with Gasteiger partial charge < -0.3 is 19.3 Å². The van der Waals surface area contributed by atoms with Crippen LogP contribution < -0.4 is 5.32 Å². The summed E-state index contributed by atoms with van der Waals surface area (Å²) in [4.78, 5) is 3.05. The molecule has 0 amide bonds. The van der Waals surface area contributed by atoms with Crippen molar-refractivity contribution in [1.29, 1.82) is 0 Å². The number of H-pyrrole nitrogens is 1. The minimum Gasteiger partial charge on any atom is -0.367 e. The van der Waals surface area contributed by atoms with Gasteiger partial charge in [-0.15, -0.1) is 0 Å². The van der Waals surface area contributed by atoms with Crippen molar-refractivity contribution in [3.05, 3.63) is 53.9 Å². The third kappa shape index (κ3) is 3.12. The molecule has 2 aromatic rings. The lowest BCUT2D eigenvalue weighted by atomic mass is 10.2. The van der Waals surface area contributed by atoms with Gasteiger partial charge >= 0.3 is 7.60 Å². The topological polar surface area (TPSA) is 63.4 Å². The van der Waals surface area contributed by atoms with E-state index in [2.05, 4.69) is 10.3 Å². The van der Waals surface area contributed by atoms with Crippen LogP contribution in [0.1, 0.15) is 17.0 Å². The second kappa shape index (κ2) is 6.27. The highest BCUT2D eigenvalue weighted by Crippen LogP contribution is 2.59. The van der Waals surface area contributed by atoms with Crippen LogP contribution >= 0.6 is 7.60 Å². The van der Waals surface area contributed by atoms with Crippen molar-refractivity contribution < 1.29 is 13.6 Å². The van der Waals surface area contributed by atoms with E-state index in [4.69, 9.17) is 9.05 Å². The van der Waals surface area contributed by atoms with Gasteiger partial charge in [-0.2, -0.15) is 0 Å². The monoisotopic (exact) mass is 294 g/mol. The summed E-state index contributed by atoms with van der Waals surface area (Å²) in [6.07, 6.45) is 1.77. The molecular weight excluding hydrogens is 275 g/mol. The minimum atomic E-state index is -3.30. The molecule has 0 spiro atoms. The van der Waals surface area contributed by atoms with Gasteiger partial charge in [0.05, 0.1) is 0 Å². The number of hydrogen-bond donors (Lipinski definition) is 2. The summed E-state index contributed by atoms with van der Waals surface area (Å²) in [6, 6.07) is 11.5. The number of aromatic nitrogens is 1. The maximum absolute atomic E-state index is 12.7. The van der Waals surface area contributed by atoms with Gasteiger partial charge in [0.15, 0.2) is 5.78 Å². The molecule has 5 nitrogen and oxygen atoms in total. The fourth-order valence-corrected chi connectivity index (χ4v) is 3.40. The molecule has 0 aliphatic carbocycles. The van der Waals surface area contributed by atoms with E-state index in [-0.39, 0.29) is 0 Å². The predicted molar refractivity (Wildman–Crippen MR) is 80.0 cm³/mol. The summed E-state index contributed by atoms with van der Waals surface area (Å²) in [5.74, 6) is -0.589. The normalized spacial score (nSPS) is 13.2. The first-order chi connectivity index (χ1) is 9.59. The van der Waals surface area contributed by atoms with Crippen molar-refractivity contribution in [2.75, 3.05) is 19.5 Å². The molecule has 1 aromatic heterocycles. The molecule has 0 fully saturated rings. The van der Waals surface area contributed by atoms with Crippen LogP contribution in [0.25, 0.3) is 0 Å². The van der Waals surface area contributed by atoms with Gasteiger partial charge in [-0.1, -0.05) is 12.1 Å². The molecular formula is C14H19N2O3P. The molecule has 0 saturated carbocycles. The highest BCUT2D eigenvalue weighted by Gasteiger charge is 2.36. The predicted octanol–water partition coefficient (Wildman–Crippen LogP) is 3.92. The summed E-state index contributed by atoms with van der Waals surface area (Å²) in [6.45, 7) is 2.00. The van der Waals surface area contributed by atoms with Gasteiger partial charge in [-0.25, -0.2) is 0 Å². The van der Waals surface area contributed by atoms with Crippen molar-refractivity contribution in [3.8, 4) is 0 Å². The Kier molecular flexibility index (Phi) is 4.65. The molecule has 0 saturated heterocycles. The van der Waals surface area contributed by atoms with Crippen LogP contribution in [-0.2, 0) is 13.6 Å². The summed E-state index contributed by atoms with van der Waals surface area (Å²) in [5, 5.41) is 3.22. The molecule has 108 valence electrons. The lowest BCUT2D eigenvalue weighted by Crippen LogP contribution is -2.14. The summed E-state index contributed by atoms with van der Waals surface area (Å²) >= 11 is 0. The van der Waals surface area contributed by atoms with E-state index in [1.165, 1.54) is 14.2 Å². The van der Waals surface area contributed by atoms with E-state index in [0.29, 0.717) is 0 Å². The largest absolute Gasteiger partial charge is 0.367 e. The van der Waals surface area contributed by atoms with Crippen LogP contribution in [0, 0.1) is 6.92 Å². The zero-order valence-electron chi connectivity index (χ0n) is 11.8. The minimum absolute atomic E-state index is 0.589. The van der Waals surface area contributed by atoms with Crippen LogP contribution in [0.5, 0.6) is 0 Å². The lowest BCUT2D eigenvalue weighted by molar-refractivity contribution is 0.268. The Morgan fingerprint density at radius 2 is 1.95 bits per heavy atom. The number of aryl methyl sites for hydroxylation is 1. The van der Waals surface area contributed by atoms with Crippen LogP contribution in [0.3, 0.4) is 0 Å². The average Bonchev–Trinajstić information content (AvgIpc) is 2.98. The Balaban J connectivity index is 2.35. The van der Waals surface area contributed by atoms with E-state index in [1.54, 1.807) is 6.20 Å². The molecule has 20 heavy (non-hydrogen) atoms. The number of hydrogen-bond acceptors (Lipinski definition) is 4. The van der Waals surface area contributed by atoms with E-state index < -0.39 is 13.4 Å². The van der Waals surface area contributed by atoms with Crippen LogP contribution in [0.15, 0.2) is 42.6 Å². The van der Waals surface area contributed by atoms with E-state index in [0.717, 1.165) is 16.9 Å². The zero-order valence-corrected chi connectivity index (χ0v) is 12.7. The molecule has 0 aliphatic heterocycles. The second-order valence-electron chi connectivity index (χ2n) is 4.45. The summed E-state index contributed by atoms with van der Waals surface area (Å²) in [7, 11) is -0.529. The fourth-order valence-electron chi connectivity index (χ4n) is 2.02. The Labute approximate surface area is 118 Å². The van der Waals surface area contributed by atoms with Crippen LogP contribution in [0.2, 0.25) is 0 Å². The maximum Gasteiger partial charge on any atom is 0.358 e. The van der Waals surface area contributed by atoms with Gasteiger partial charge in [0.1, 0.15) is 0 Å². The first-order valence-electron chi connectivity index (χ1n) is 6.27. The number of anilines is 1. The molecule has 0 aliphatic rings. The van der Waals surface area contributed by atoms with Gasteiger partial charge in [0.2, 0.25) is 0 Å². The smallest absolute Gasteiger partial charge is 0.358 e. The summed E-state index contributed by atoms with van der Waals surface area (Å²) in [5.41, 5.74) is 2.72. The Hall–Kier alpha value is -1.55. The Bertz CT molecular complexity index is 590. The van der Waals surface area contributed by atoms with E-state index in [9.17, 15) is 4.57 Å². The van der Waals surface area contributed by atoms with Gasteiger partial charge in [-0.3, -0.25) is 4.57 Å². The standard InChI is InChI=1S/C14H19N2O3P/c1-11-6-4-7-12(10-11)16-14(13-8-5-9-15-13)20(17,18-2)19-3/h4-10,14-16H,1-3H3. The van der Waals surface area contributed by atoms with Crippen molar-refractivity contribution in [3.63, 3.8) is 0 Å². The Morgan fingerprint density at radius 3 is 2.50 bits per heavy atom. The number of rotatable bonds is 6. The van der Waals surface area contributed by atoms with Crippen molar-refractivity contribution in [2.45, 2.75) is 12.7 Å². The van der Waals surface area contributed by atoms with Crippen molar-refractivity contribution in [2.24, 2.45) is 0 Å². The molecule has 6 heteroatoms. The molecule has 1 atom stereocenters. The number of benzene rings is 1. The molecule has 0 radical (unpaired) electrons. The molecule has 1 heterocycles. The average molecular weight is 294 g/mol. The fraction of sp³-hybridized carbons (Fsp3) is 0.286. The summed E-state index contributed by atoms with van der Waals surface area (Å²) < 4.78 is 23.0. The number of aromatic amines is 1.